The van der Waals surface area contributed by atoms with Crippen molar-refractivity contribution < 1.29 is 8.42 Å². The number of aromatic amines is 1. The SMILES string of the molecule is O=S(=O)(NCCc1c[nH]c2ncccc12)c1ccc(Cl)cc1. The van der Waals surface area contributed by atoms with Crippen LogP contribution in [0.25, 0.3) is 11.0 Å². The third-order valence-corrected chi connectivity index (χ3v) is 5.08. The first kappa shape index (κ1) is 15.0. The number of nitrogens with zero attached hydrogens (tertiary/aromatic N) is 1. The zero-order valence-electron chi connectivity index (χ0n) is 11.6. The largest absolute Gasteiger partial charge is 0.346 e. The molecule has 3 rings (SSSR count). The highest BCUT2D eigenvalue weighted by Crippen LogP contribution is 2.17. The summed E-state index contributed by atoms with van der Waals surface area (Å²) >= 11 is 5.76. The quantitative estimate of drug-likeness (QED) is 0.752. The van der Waals surface area contributed by atoms with Gasteiger partial charge in [0.2, 0.25) is 10.0 Å². The van der Waals surface area contributed by atoms with E-state index in [2.05, 4.69) is 14.7 Å². The van der Waals surface area contributed by atoms with Crippen molar-refractivity contribution in [3.63, 3.8) is 0 Å². The highest BCUT2D eigenvalue weighted by Gasteiger charge is 2.13. The number of benzene rings is 1. The number of sulfonamides is 1. The number of fused-ring (bicyclic) bond motifs is 1. The molecule has 22 heavy (non-hydrogen) atoms. The van der Waals surface area contributed by atoms with Crippen LogP contribution in [0.15, 0.2) is 53.7 Å². The average molecular weight is 336 g/mol. The van der Waals surface area contributed by atoms with E-state index in [9.17, 15) is 8.42 Å². The minimum Gasteiger partial charge on any atom is -0.346 e. The fourth-order valence-electron chi connectivity index (χ4n) is 2.24. The molecule has 0 aliphatic carbocycles. The Hall–Kier alpha value is -1.89. The molecule has 5 nitrogen and oxygen atoms in total. The van der Waals surface area contributed by atoms with E-state index in [1.165, 1.54) is 12.1 Å². The molecule has 2 aromatic heterocycles. The fourth-order valence-corrected chi connectivity index (χ4v) is 3.39. The van der Waals surface area contributed by atoms with Crippen LogP contribution in [0.2, 0.25) is 5.02 Å². The molecule has 1 aromatic carbocycles. The Morgan fingerprint density at radius 1 is 1.18 bits per heavy atom. The highest BCUT2D eigenvalue weighted by molar-refractivity contribution is 7.89. The van der Waals surface area contributed by atoms with Gasteiger partial charge in [0.15, 0.2) is 0 Å². The molecule has 0 unspecified atom stereocenters. The van der Waals surface area contributed by atoms with Crippen LogP contribution in [-0.2, 0) is 16.4 Å². The van der Waals surface area contributed by atoms with Crippen molar-refractivity contribution in [1.82, 2.24) is 14.7 Å². The summed E-state index contributed by atoms with van der Waals surface area (Å²) in [6.45, 7) is 0.312. The van der Waals surface area contributed by atoms with Crippen molar-refractivity contribution >= 4 is 32.7 Å². The summed E-state index contributed by atoms with van der Waals surface area (Å²) in [5.74, 6) is 0. The van der Waals surface area contributed by atoms with Gasteiger partial charge in [0, 0.05) is 29.3 Å². The van der Waals surface area contributed by atoms with Crippen LogP contribution >= 0.6 is 11.6 Å². The van der Waals surface area contributed by atoms with Crippen molar-refractivity contribution in [3.8, 4) is 0 Å². The second kappa shape index (κ2) is 6.08. The third kappa shape index (κ3) is 3.14. The van der Waals surface area contributed by atoms with Gasteiger partial charge in [-0.1, -0.05) is 11.6 Å². The average Bonchev–Trinajstić information content (AvgIpc) is 2.91. The number of aromatic nitrogens is 2. The first-order valence-corrected chi connectivity index (χ1v) is 8.58. The molecule has 0 fully saturated rings. The van der Waals surface area contributed by atoms with Gasteiger partial charge >= 0.3 is 0 Å². The topological polar surface area (TPSA) is 74.8 Å². The zero-order valence-corrected chi connectivity index (χ0v) is 13.2. The summed E-state index contributed by atoms with van der Waals surface area (Å²) in [4.78, 5) is 7.48. The van der Waals surface area contributed by atoms with Gasteiger partial charge in [-0.3, -0.25) is 0 Å². The van der Waals surface area contributed by atoms with Crippen molar-refractivity contribution in [1.29, 1.82) is 0 Å². The summed E-state index contributed by atoms with van der Waals surface area (Å²) in [5.41, 5.74) is 1.83. The van der Waals surface area contributed by atoms with E-state index in [-0.39, 0.29) is 4.90 Å². The van der Waals surface area contributed by atoms with Crippen LogP contribution in [0.3, 0.4) is 0 Å². The lowest BCUT2D eigenvalue weighted by atomic mass is 10.2. The van der Waals surface area contributed by atoms with Crippen LogP contribution in [0.1, 0.15) is 5.56 Å². The molecule has 0 spiro atoms. The van der Waals surface area contributed by atoms with Gasteiger partial charge in [-0.15, -0.1) is 0 Å². The molecule has 0 aliphatic rings. The summed E-state index contributed by atoms with van der Waals surface area (Å²) < 4.78 is 26.9. The Bertz CT molecular complexity index is 889. The molecule has 0 atom stereocenters. The van der Waals surface area contributed by atoms with Crippen LogP contribution in [0.4, 0.5) is 0 Å². The van der Waals surface area contributed by atoms with Gasteiger partial charge in [-0.05, 0) is 48.4 Å². The first-order chi connectivity index (χ1) is 10.6. The number of nitrogens with one attached hydrogen (secondary N) is 2. The van der Waals surface area contributed by atoms with Gasteiger partial charge in [0.1, 0.15) is 5.65 Å². The number of pyridine rings is 1. The van der Waals surface area contributed by atoms with Crippen molar-refractivity contribution in [2.24, 2.45) is 0 Å². The Kier molecular flexibility index (Phi) is 4.15. The van der Waals surface area contributed by atoms with Crippen LogP contribution < -0.4 is 4.72 Å². The Morgan fingerprint density at radius 3 is 2.73 bits per heavy atom. The van der Waals surface area contributed by atoms with Crippen LogP contribution in [0.5, 0.6) is 0 Å². The van der Waals surface area contributed by atoms with E-state index in [1.54, 1.807) is 18.3 Å². The molecule has 0 saturated heterocycles. The fraction of sp³-hybridized carbons (Fsp3) is 0.133. The number of H-pyrrole nitrogens is 1. The second-order valence-electron chi connectivity index (χ2n) is 4.82. The predicted molar refractivity (Wildman–Crippen MR) is 86.4 cm³/mol. The molecule has 0 aliphatic heterocycles. The van der Waals surface area contributed by atoms with Crippen molar-refractivity contribution in [2.75, 3.05) is 6.54 Å². The maximum Gasteiger partial charge on any atom is 0.240 e. The number of hydrogen-bond acceptors (Lipinski definition) is 3. The summed E-state index contributed by atoms with van der Waals surface area (Å²) in [7, 11) is -3.52. The summed E-state index contributed by atoms with van der Waals surface area (Å²) in [5, 5.41) is 1.51. The molecule has 0 saturated carbocycles. The highest BCUT2D eigenvalue weighted by atomic mass is 35.5. The molecule has 0 bridgehead atoms. The molecule has 7 heteroatoms. The van der Waals surface area contributed by atoms with E-state index in [0.29, 0.717) is 18.0 Å². The lowest BCUT2D eigenvalue weighted by molar-refractivity contribution is 0.581. The van der Waals surface area contributed by atoms with Gasteiger partial charge < -0.3 is 4.98 Å². The minimum atomic E-state index is -3.52. The molecule has 0 radical (unpaired) electrons. The number of halogens is 1. The van der Waals surface area contributed by atoms with E-state index in [0.717, 1.165) is 16.6 Å². The molecule has 0 amide bonds. The molecular weight excluding hydrogens is 322 g/mol. The Morgan fingerprint density at radius 2 is 1.95 bits per heavy atom. The molecule has 3 aromatic rings. The monoisotopic (exact) mass is 335 g/mol. The molecule has 114 valence electrons. The predicted octanol–water partition coefficient (Wildman–Crippen LogP) is 2.74. The lowest BCUT2D eigenvalue weighted by Crippen LogP contribution is -2.25. The van der Waals surface area contributed by atoms with Gasteiger partial charge in [-0.25, -0.2) is 18.1 Å². The Balaban J connectivity index is 1.68. The maximum atomic E-state index is 12.2. The van der Waals surface area contributed by atoms with Crippen molar-refractivity contribution in [3.05, 3.63) is 59.4 Å². The third-order valence-electron chi connectivity index (χ3n) is 3.35. The maximum absolute atomic E-state index is 12.2. The van der Waals surface area contributed by atoms with Crippen LogP contribution in [-0.4, -0.2) is 24.9 Å². The van der Waals surface area contributed by atoms with E-state index in [1.807, 2.05) is 18.3 Å². The van der Waals surface area contributed by atoms with E-state index >= 15 is 0 Å². The Labute approximate surface area is 133 Å². The zero-order chi connectivity index (χ0) is 15.6. The standard InChI is InChI=1S/C15H14ClN3O2S/c16-12-3-5-13(6-4-12)22(20,21)19-9-7-11-10-18-15-14(11)2-1-8-17-15/h1-6,8,10,19H,7,9H2,(H,17,18). The van der Waals surface area contributed by atoms with E-state index < -0.39 is 10.0 Å². The van der Waals surface area contributed by atoms with Gasteiger partial charge in [0.05, 0.1) is 4.90 Å². The smallest absolute Gasteiger partial charge is 0.240 e. The van der Waals surface area contributed by atoms with Gasteiger partial charge in [-0.2, -0.15) is 0 Å². The molecule has 2 N–H and O–H groups in total. The molecule has 2 heterocycles. The lowest BCUT2D eigenvalue weighted by Gasteiger charge is -2.06. The summed E-state index contributed by atoms with van der Waals surface area (Å²) in [6, 6.07) is 9.91. The molecular formula is C15H14ClN3O2S. The number of rotatable bonds is 5. The first-order valence-electron chi connectivity index (χ1n) is 6.72. The van der Waals surface area contributed by atoms with E-state index in [4.69, 9.17) is 11.6 Å². The van der Waals surface area contributed by atoms with Crippen molar-refractivity contribution in [2.45, 2.75) is 11.3 Å². The summed E-state index contributed by atoms with van der Waals surface area (Å²) in [6.07, 6.45) is 4.15. The normalized spacial score (nSPS) is 11.9. The van der Waals surface area contributed by atoms with Crippen LogP contribution in [0, 0.1) is 0 Å². The number of hydrogen-bond donors (Lipinski definition) is 2. The van der Waals surface area contributed by atoms with Gasteiger partial charge in [0.25, 0.3) is 0 Å². The minimum absolute atomic E-state index is 0.206. The second-order valence-corrected chi connectivity index (χ2v) is 7.02.